The van der Waals surface area contributed by atoms with Gasteiger partial charge in [-0.3, -0.25) is 14.3 Å². The summed E-state index contributed by atoms with van der Waals surface area (Å²) in [5.41, 5.74) is 7.96. The maximum atomic E-state index is 16.7. The predicted molar refractivity (Wildman–Crippen MR) is 205 cm³/mol. The second kappa shape index (κ2) is 17.4. The Morgan fingerprint density at radius 1 is 1.09 bits per heavy atom. The zero-order valence-corrected chi connectivity index (χ0v) is 34.2. The fourth-order valence-corrected chi connectivity index (χ4v) is 8.46. The Bertz CT molecular complexity index is 1780. The number of hydrogen-bond acceptors (Lipinski definition) is 14. The van der Waals surface area contributed by atoms with E-state index in [0.29, 0.717) is 37.2 Å². The molecule has 3 aliphatic rings. The Morgan fingerprint density at radius 3 is 2.46 bits per heavy atom. The predicted octanol–water partition coefficient (Wildman–Crippen LogP) is 3.75. The third kappa shape index (κ3) is 9.17. The van der Waals surface area contributed by atoms with Crippen LogP contribution < -0.4 is 11.5 Å². The Balaban J connectivity index is 1.42. The van der Waals surface area contributed by atoms with Crippen LogP contribution >= 0.6 is 0 Å². The van der Waals surface area contributed by atoms with Crippen LogP contribution in [0.3, 0.4) is 0 Å². The number of esters is 1. The van der Waals surface area contributed by atoms with Gasteiger partial charge in [-0.2, -0.15) is 0 Å². The summed E-state index contributed by atoms with van der Waals surface area (Å²) in [5.74, 6) is -5.03. The fraction of sp³-hybridized carbons (Fsp3) is 0.700. The summed E-state index contributed by atoms with van der Waals surface area (Å²) in [7, 11) is 1.37. The van der Waals surface area contributed by atoms with Gasteiger partial charge in [0.2, 0.25) is 0 Å². The van der Waals surface area contributed by atoms with Crippen molar-refractivity contribution in [1.82, 2.24) is 19.9 Å². The van der Waals surface area contributed by atoms with E-state index in [1.54, 1.807) is 51.6 Å². The van der Waals surface area contributed by atoms with Gasteiger partial charge in [-0.1, -0.05) is 38.1 Å². The number of hydrogen-bond donors (Lipinski definition) is 3. The summed E-state index contributed by atoms with van der Waals surface area (Å²) in [5, 5.41) is 19.4. The van der Waals surface area contributed by atoms with Crippen LogP contribution in [0.25, 0.3) is 11.3 Å². The lowest BCUT2D eigenvalue weighted by Crippen LogP contribution is -2.60. The number of amides is 1. The maximum Gasteiger partial charge on any atom is 0.410 e. The quantitative estimate of drug-likeness (QED) is 0.135. The number of ether oxygens (including phenoxy) is 5. The number of ketones is 2. The van der Waals surface area contributed by atoms with Crippen LogP contribution in [0.1, 0.15) is 87.0 Å². The number of carbonyl (C=O) groups is 4. The average Bonchev–Trinajstić information content (AvgIpc) is 3.73. The number of rotatable bonds is 10. The highest BCUT2D eigenvalue weighted by atomic mass is 19.1. The number of aryl methyl sites for hydroxylation is 1. The summed E-state index contributed by atoms with van der Waals surface area (Å²) in [6.07, 6.45) is -3.21. The van der Waals surface area contributed by atoms with E-state index in [1.165, 1.54) is 18.9 Å². The van der Waals surface area contributed by atoms with Crippen molar-refractivity contribution in [3.05, 3.63) is 30.5 Å². The number of unbranched alkanes of at least 4 members (excludes halogenated alkanes) is 1. The standard InChI is InChI=1S/C40H59FN6O10/c1-9-31-40(7)30(47(37(52)57-40)16-11-10-15-46-21-28(44-45-46)25-13-12-14-26(42)18-25)19-29(48)22(2)20-38(5,53-8)34(24(4)33(50)39(6,41)36(51)55-31)56-35-32(49)27(43)17-23(3)54-35/h12-14,18,21-24,27,30-32,34-35,49H,9-11,15-17,19-20,42-43H2,1-8H3/t22-,23-,24+,27?,30-,31-,32?,34-,35+,38-,39+,40+/m1/s1. The van der Waals surface area contributed by atoms with E-state index in [0.717, 1.165) is 12.5 Å². The highest BCUT2D eigenvalue weighted by molar-refractivity contribution is 6.08. The van der Waals surface area contributed by atoms with Gasteiger partial charge in [0.1, 0.15) is 23.7 Å². The molecule has 57 heavy (non-hydrogen) atoms. The molecule has 1 amide bonds. The van der Waals surface area contributed by atoms with Crippen molar-refractivity contribution >= 4 is 29.3 Å². The molecule has 1 aromatic carbocycles. The van der Waals surface area contributed by atoms with Crippen molar-refractivity contribution in [2.24, 2.45) is 17.6 Å². The molecule has 5 N–H and O–H groups in total. The number of aliphatic hydroxyl groups is 1. The van der Waals surface area contributed by atoms with Gasteiger partial charge in [0.05, 0.1) is 30.0 Å². The van der Waals surface area contributed by atoms with Crippen LogP contribution in [0.15, 0.2) is 30.5 Å². The normalized spacial score (nSPS) is 37.0. The Kier molecular flexibility index (Phi) is 13.5. The van der Waals surface area contributed by atoms with E-state index in [-0.39, 0.29) is 31.6 Å². The molecule has 3 aliphatic heterocycles. The molecule has 5 rings (SSSR count). The second-order valence-electron chi connectivity index (χ2n) is 16.5. The minimum atomic E-state index is -3.19. The molecular weight excluding hydrogens is 743 g/mol. The summed E-state index contributed by atoms with van der Waals surface area (Å²) < 4.78 is 48.3. The summed E-state index contributed by atoms with van der Waals surface area (Å²) in [4.78, 5) is 57.2. The SMILES string of the molecule is CC[C@H]1OC(=O)[C@@](C)(F)C(=O)[C@H](C)[C@@H](O[C@@H]2O[C@H](C)CC(N)C2O)[C@](C)(OC)C[C@@H](C)C(=O)C[C@H]2N(CCCCn3cc(-c4cccc(N)c4)nn3)C(=O)O[C@]12C. The third-order valence-corrected chi connectivity index (χ3v) is 12.0. The topological polar surface area (TPSA) is 221 Å². The van der Waals surface area contributed by atoms with Crippen LogP contribution in [-0.2, 0) is 44.6 Å². The van der Waals surface area contributed by atoms with Crippen molar-refractivity contribution in [3.8, 4) is 11.3 Å². The minimum absolute atomic E-state index is 0.0204. The molecule has 3 fully saturated rings. The number of aromatic nitrogens is 3. The van der Waals surface area contributed by atoms with E-state index in [4.69, 9.17) is 35.2 Å². The first-order valence-corrected chi connectivity index (χ1v) is 19.8. The van der Waals surface area contributed by atoms with E-state index >= 15 is 4.39 Å². The number of halogens is 1. The molecule has 12 atom stereocenters. The first kappa shape index (κ1) is 44.1. The van der Waals surface area contributed by atoms with Gasteiger partial charge >= 0.3 is 12.1 Å². The molecule has 2 unspecified atom stereocenters. The van der Waals surface area contributed by atoms with Crippen LogP contribution in [0.4, 0.5) is 14.9 Å². The van der Waals surface area contributed by atoms with Gasteiger partial charge in [0.15, 0.2) is 17.7 Å². The lowest BCUT2D eigenvalue weighted by molar-refractivity contribution is -0.288. The van der Waals surface area contributed by atoms with Gasteiger partial charge in [0.25, 0.3) is 5.67 Å². The van der Waals surface area contributed by atoms with E-state index < -0.39 is 89.3 Å². The summed E-state index contributed by atoms with van der Waals surface area (Å²) in [6, 6.07) is 5.68. The molecule has 4 heterocycles. The number of anilines is 1. The molecule has 16 nitrogen and oxygen atoms in total. The van der Waals surface area contributed by atoms with Crippen molar-refractivity contribution in [1.29, 1.82) is 0 Å². The van der Waals surface area contributed by atoms with E-state index in [2.05, 4.69) is 10.3 Å². The number of nitrogen functional groups attached to an aromatic ring is 1. The van der Waals surface area contributed by atoms with E-state index in [9.17, 15) is 24.3 Å². The van der Waals surface area contributed by atoms with Crippen molar-refractivity contribution < 1.29 is 52.4 Å². The number of alkyl halides is 1. The zero-order valence-electron chi connectivity index (χ0n) is 34.2. The van der Waals surface area contributed by atoms with Gasteiger partial charge in [-0.25, -0.2) is 14.0 Å². The first-order valence-electron chi connectivity index (χ1n) is 19.8. The zero-order chi connectivity index (χ0) is 42.0. The largest absolute Gasteiger partial charge is 0.455 e. The molecule has 0 spiro atoms. The Hall–Kier alpha value is -4.03. The number of nitrogens with two attached hydrogens (primary N) is 2. The number of aliphatic hydroxyl groups excluding tert-OH is 1. The van der Waals surface area contributed by atoms with Crippen LogP contribution in [-0.4, -0.2) is 122 Å². The van der Waals surface area contributed by atoms with Gasteiger partial charge in [-0.15, -0.1) is 5.10 Å². The summed E-state index contributed by atoms with van der Waals surface area (Å²) in [6.45, 7) is 11.2. The van der Waals surface area contributed by atoms with Crippen molar-refractivity contribution in [2.45, 2.75) is 153 Å². The summed E-state index contributed by atoms with van der Waals surface area (Å²) >= 11 is 0. The molecule has 0 saturated carbocycles. The number of cyclic esters (lactones) is 1. The van der Waals surface area contributed by atoms with Crippen molar-refractivity contribution in [3.63, 3.8) is 0 Å². The van der Waals surface area contributed by atoms with Gasteiger partial charge < -0.3 is 45.2 Å². The molecule has 316 valence electrons. The van der Waals surface area contributed by atoms with Crippen LogP contribution in [0, 0.1) is 11.8 Å². The molecule has 2 aromatic rings. The first-order chi connectivity index (χ1) is 26.7. The molecule has 1 aromatic heterocycles. The van der Waals surface area contributed by atoms with Crippen LogP contribution in [0.2, 0.25) is 0 Å². The Labute approximate surface area is 333 Å². The fourth-order valence-electron chi connectivity index (χ4n) is 8.46. The lowest BCUT2D eigenvalue weighted by atomic mass is 9.75. The number of fused-ring (bicyclic) bond motifs is 1. The molecule has 0 bridgehead atoms. The Morgan fingerprint density at radius 2 is 1.79 bits per heavy atom. The van der Waals surface area contributed by atoms with Gasteiger partial charge in [0, 0.05) is 55.7 Å². The van der Waals surface area contributed by atoms with Crippen LogP contribution in [0.5, 0.6) is 0 Å². The third-order valence-electron chi connectivity index (χ3n) is 12.0. The average molecular weight is 803 g/mol. The molecular formula is C40H59FN6O10. The highest BCUT2D eigenvalue weighted by Gasteiger charge is 2.60. The van der Waals surface area contributed by atoms with Gasteiger partial charge in [-0.05, 0) is 71.9 Å². The van der Waals surface area contributed by atoms with Crippen molar-refractivity contribution in [2.75, 3.05) is 19.4 Å². The monoisotopic (exact) mass is 802 g/mol. The minimum Gasteiger partial charge on any atom is -0.455 e. The smallest absolute Gasteiger partial charge is 0.410 e. The highest BCUT2D eigenvalue weighted by Crippen LogP contribution is 2.42. The number of methoxy groups -OCH3 is 1. The molecule has 0 aliphatic carbocycles. The second-order valence-corrected chi connectivity index (χ2v) is 16.5. The molecule has 17 heteroatoms. The lowest BCUT2D eigenvalue weighted by Gasteiger charge is -2.45. The molecule has 3 saturated heterocycles. The number of nitrogens with zero attached hydrogens (tertiary/aromatic N) is 4. The molecule has 0 radical (unpaired) electrons. The number of benzene rings is 1. The van der Waals surface area contributed by atoms with E-state index in [1.807, 2.05) is 18.2 Å². The number of carbonyl (C=O) groups excluding carboxylic acids is 4. The maximum absolute atomic E-state index is 16.7. The number of Topliss-reactive ketones (excluding diaryl/α,β-unsaturated/α-hetero) is 2.